The summed E-state index contributed by atoms with van der Waals surface area (Å²) in [5.74, 6) is -0.360. The maximum Gasteiger partial charge on any atom is 0.227 e. The molecule has 0 bridgehead atoms. The van der Waals surface area contributed by atoms with Crippen LogP contribution in [0.1, 0.15) is 25.3 Å². The van der Waals surface area contributed by atoms with Gasteiger partial charge in [-0.1, -0.05) is 18.2 Å². The first kappa shape index (κ1) is 20.4. The van der Waals surface area contributed by atoms with Gasteiger partial charge in [0.25, 0.3) is 0 Å². The summed E-state index contributed by atoms with van der Waals surface area (Å²) in [7, 11) is 1.60. The van der Waals surface area contributed by atoms with Crippen LogP contribution in [0.5, 0.6) is 0 Å². The normalized spacial score (nSPS) is 17.1. The number of nitrogens with zero attached hydrogens (tertiary/aromatic N) is 1. The van der Waals surface area contributed by atoms with Gasteiger partial charge in [0.1, 0.15) is 5.82 Å². The third kappa shape index (κ3) is 4.75. The number of aromatic nitrogens is 1. The van der Waals surface area contributed by atoms with Crippen LogP contribution in [0.3, 0.4) is 0 Å². The van der Waals surface area contributed by atoms with E-state index >= 15 is 0 Å². The Morgan fingerprint density at radius 1 is 1.32 bits per heavy atom. The fourth-order valence-electron chi connectivity index (χ4n) is 3.68. The van der Waals surface area contributed by atoms with E-state index in [4.69, 9.17) is 9.47 Å². The van der Waals surface area contributed by atoms with Gasteiger partial charge in [-0.05, 0) is 49.4 Å². The Balaban J connectivity index is 1.82. The van der Waals surface area contributed by atoms with Crippen molar-refractivity contribution in [3.8, 4) is 11.1 Å². The van der Waals surface area contributed by atoms with Crippen LogP contribution in [0.15, 0.2) is 42.7 Å². The second kappa shape index (κ2) is 9.26. The summed E-state index contributed by atoms with van der Waals surface area (Å²) in [5.41, 5.74) is 1.51. The SMILES string of the molecule is COC[C@H](C)NC(=O)C1(Cc2ccc(-c3cccnc3)cc2F)CCOCC1. The number of ether oxygens (including phenoxy) is 2. The quantitative estimate of drug-likeness (QED) is 0.793. The van der Waals surface area contributed by atoms with Crippen molar-refractivity contribution in [2.75, 3.05) is 26.9 Å². The zero-order chi connectivity index (χ0) is 20.0. The zero-order valence-corrected chi connectivity index (χ0v) is 16.4. The highest BCUT2D eigenvalue weighted by Gasteiger charge is 2.41. The van der Waals surface area contributed by atoms with Gasteiger partial charge >= 0.3 is 0 Å². The number of carbonyl (C=O) groups is 1. The molecule has 1 aliphatic rings. The van der Waals surface area contributed by atoms with Gasteiger partial charge in [0.2, 0.25) is 5.91 Å². The van der Waals surface area contributed by atoms with E-state index in [1.165, 1.54) is 6.07 Å². The van der Waals surface area contributed by atoms with Gasteiger partial charge < -0.3 is 14.8 Å². The lowest BCUT2D eigenvalue weighted by molar-refractivity contribution is -0.137. The van der Waals surface area contributed by atoms with Crippen LogP contribution < -0.4 is 5.32 Å². The summed E-state index contributed by atoms with van der Waals surface area (Å²) >= 11 is 0. The number of pyridine rings is 1. The smallest absolute Gasteiger partial charge is 0.227 e. The molecule has 0 saturated carbocycles. The summed E-state index contributed by atoms with van der Waals surface area (Å²) in [5, 5.41) is 3.02. The molecular weight excluding hydrogens is 359 g/mol. The predicted octanol–water partition coefficient (Wildman–Crippen LogP) is 3.38. The number of rotatable bonds is 7. The van der Waals surface area contributed by atoms with Crippen LogP contribution >= 0.6 is 0 Å². The molecule has 0 radical (unpaired) electrons. The van der Waals surface area contributed by atoms with Crippen LogP contribution in [0.4, 0.5) is 4.39 Å². The monoisotopic (exact) mass is 386 g/mol. The number of benzene rings is 1. The summed E-state index contributed by atoms with van der Waals surface area (Å²) in [4.78, 5) is 17.1. The molecule has 0 spiro atoms. The number of carbonyl (C=O) groups excluding carboxylic acids is 1. The molecule has 28 heavy (non-hydrogen) atoms. The Morgan fingerprint density at radius 3 is 2.75 bits per heavy atom. The lowest BCUT2D eigenvalue weighted by atomic mass is 9.74. The highest BCUT2D eigenvalue weighted by atomic mass is 19.1. The molecule has 3 rings (SSSR count). The van der Waals surface area contributed by atoms with Crippen molar-refractivity contribution in [3.05, 3.63) is 54.1 Å². The third-order valence-corrected chi connectivity index (χ3v) is 5.30. The van der Waals surface area contributed by atoms with Gasteiger partial charge in [-0.2, -0.15) is 0 Å². The Hall–Kier alpha value is -2.31. The molecule has 150 valence electrons. The number of nitrogens with one attached hydrogen (secondary N) is 1. The van der Waals surface area contributed by atoms with E-state index in [-0.39, 0.29) is 17.8 Å². The Morgan fingerprint density at radius 2 is 2.11 bits per heavy atom. The predicted molar refractivity (Wildman–Crippen MR) is 105 cm³/mol. The first-order valence-electron chi connectivity index (χ1n) is 9.60. The second-order valence-corrected chi connectivity index (χ2v) is 7.45. The minimum Gasteiger partial charge on any atom is -0.383 e. The van der Waals surface area contributed by atoms with E-state index in [2.05, 4.69) is 10.3 Å². The van der Waals surface area contributed by atoms with Gasteiger partial charge in [0, 0.05) is 44.3 Å². The molecule has 0 aliphatic carbocycles. The first-order valence-corrected chi connectivity index (χ1v) is 9.60. The standard InChI is InChI=1S/C22H27FN2O3/c1-16(15-27-2)25-21(26)22(7-10-28-11-8-22)13-18-6-5-17(12-20(18)23)19-4-3-9-24-14-19/h3-6,9,12,14,16H,7-8,10-11,13,15H2,1-2H3,(H,25,26)/t16-/m0/s1. The van der Waals surface area contributed by atoms with Gasteiger partial charge in [-0.15, -0.1) is 0 Å². The Bertz CT molecular complexity index is 792. The van der Waals surface area contributed by atoms with Crippen molar-refractivity contribution >= 4 is 5.91 Å². The average Bonchev–Trinajstić information content (AvgIpc) is 2.71. The summed E-state index contributed by atoms with van der Waals surface area (Å²) < 4.78 is 25.5. The molecule has 1 aromatic heterocycles. The molecule has 1 fully saturated rings. The van der Waals surface area contributed by atoms with Gasteiger partial charge in [-0.25, -0.2) is 4.39 Å². The van der Waals surface area contributed by atoms with E-state index in [9.17, 15) is 9.18 Å². The van der Waals surface area contributed by atoms with E-state index in [0.29, 0.717) is 44.6 Å². The van der Waals surface area contributed by atoms with E-state index in [1.54, 1.807) is 25.6 Å². The molecule has 1 atom stereocenters. The molecule has 1 aromatic carbocycles. The van der Waals surface area contributed by atoms with Crippen LogP contribution in [0.25, 0.3) is 11.1 Å². The largest absolute Gasteiger partial charge is 0.383 e. The van der Waals surface area contributed by atoms with E-state index < -0.39 is 5.41 Å². The van der Waals surface area contributed by atoms with E-state index in [0.717, 1.165) is 11.1 Å². The van der Waals surface area contributed by atoms with Crippen molar-refractivity contribution in [1.82, 2.24) is 10.3 Å². The molecule has 6 heteroatoms. The van der Waals surface area contributed by atoms with Crippen LogP contribution in [0, 0.1) is 11.2 Å². The number of halogens is 1. The topological polar surface area (TPSA) is 60.5 Å². The number of hydrogen-bond acceptors (Lipinski definition) is 4. The highest BCUT2D eigenvalue weighted by molar-refractivity contribution is 5.83. The third-order valence-electron chi connectivity index (χ3n) is 5.30. The maximum absolute atomic E-state index is 14.9. The van der Waals surface area contributed by atoms with Crippen LogP contribution in [-0.4, -0.2) is 43.9 Å². The summed E-state index contributed by atoms with van der Waals surface area (Å²) in [6.07, 6.45) is 4.89. The van der Waals surface area contributed by atoms with E-state index in [1.807, 2.05) is 25.1 Å². The first-order chi connectivity index (χ1) is 13.5. The molecule has 5 nitrogen and oxygen atoms in total. The minimum absolute atomic E-state index is 0.0592. The molecule has 2 aromatic rings. The Labute approximate surface area is 165 Å². The average molecular weight is 386 g/mol. The van der Waals surface area contributed by atoms with Crippen molar-refractivity contribution < 1.29 is 18.7 Å². The molecule has 0 unspecified atom stereocenters. The Kier molecular flexibility index (Phi) is 6.75. The van der Waals surface area contributed by atoms with Gasteiger partial charge in [0.05, 0.1) is 12.0 Å². The van der Waals surface area contributed by atoms with Crippen molar-refractivity contribution in [2.45, 2.75) is 32.2 Å². The molecule has 1 amide bonds. The lowest BCUT2D eigenvalue weighted by Crippen LogP contribution is -2.49. The summed E-state index contributed by atoms with van der Waals surface area (Å²) in [6, 6.07) is 8.80. The minimum atomic E-state index is -0.670. The van der Waals surface area contributed by atoms with Crippen molar-refractivity contribution in [3.63, 3.8) is 0 Å². The summed E-state index contributed by atoms with van der Waals surface area (Å²) in [6.45, 7) is 3.34. The molecule has 1 saturated heterocycles. The van der Waals surface area contributed by atoms with Crippen molar-refractivity contribution in [1.29, 1.82) is 0 Å². The zero-order valence-electron chi connectivity index (χ0n) is 16.4. The molecule has 1 aliphatic heterocycles. The molecule has 1 N–H and O–H groups in total. The number of amides is 1. The lowest BCUT2D eigenvalue weighted by Gasteiger charge is -2.37. The maximum atomic E-state index is 14.9. The van der Waals surface area contributed by atoms with Gasteiger partial charge in [0.15, 0.2) is 0 Å². The second-order valence-electron chi connectivity index (χ2n) is 7.45. The fraction of sp³-hybridized carbons (Fsp3) is 0.455. The van der Waals surface area contributed by atoms with Crippen molar-refractivity contribution in [2.24, 2.45) is 5.41 Å². The number of hydrogen-bond donors (Lipinski definition) is 1. The molecular formula is C22H27FN2O3. The fourth-order valence-corrected chi connectivity index (χ4v) is 3.68. The number of methoxy groups -OCH3 is 1. The van der Waals surface area contributed by atoms with Crippen LogP contribution in [-0.2, 0) is 20.7 Å². The van der Waals surface area contributed by atoms with Crippen LogP contribution in [0.2, 0.25) is 0 Å². The van der Waals surface area contributed by atoms with Gasteiger partial charge in [-0.3, -0.25) is 9.78 Å². The molecule has 2 heterocycles. The highest BCUT2D eigenvalue weighted by Crippen LogP contribution is 2.36.